The predicted molar refractivity (Wildman–Crippen MR) is 59.1 cm³/mol. The third-order valence-electron chi connectivity index (χ3n) is 2.31. The molecule has 0 aromatic heterocycles. The summed E-state index contributed by atoms with van der Waals surface area (Å²) in [5.74, 6) is 3.54. The molecular weight excluding hydrogens is 196 g/mol. The molecule has 0 bridgehead atoms. The fourth-order valence-corrected chi connectivity index (χ4v) is 2.57. The lowest BCUT2D eigenvalue weighted by molar-refractivity contribution is 0.192. The number of aromatic hydroxyl groups is 1. The van der Waals surface area contributed by atoms with E-state index in [9.17, 15) is 0 Å². The lowest BCUT2D eigenvalue weighted by Gasteiger charge is -2.22. The SMILES string of the molecule is Oc1ccc(OC2CCSCC2)cc1. The summed E-state index contributed by atoms with van der Waals surface area (Å²) >= 11 is 1.99. The molecule has 1 N–H and O–H groups in total. The van der Waals surface area contributed by atoms with E-state index < -0.39 is 0 Å². The van der Waals surface area contributed by atoms with Gasteiger partial charge < -0.3 is 9.84 Å². The molecule has 0 amide bonds. The van der Waals surface area contributed by atoms with Gasteiger partial charge in [-0.05, 0) is 48.6 Å². The van der Waals surface area contributed by atoms with E-state index >= 15 is 0 Å². The molecule has 2 rings (SSSR count). The minimum absolute atomic E-state index is 0.288. The van der Waals surface area contributed by atoms with Crippen molar-refractivity contribution in [3.05, 3.63) is 24.3 Å². The van der Waals surface area contributed by atoms with Crippen molar-refractivity contribution < 1.29 is 9.84 Å². The normalized spacial score (nSPS) is 18.0. The quantitative estimate of drug-likeness (QED) is 0.813. The van der Waals surface area contributed by atoms with Gasteiger partial charge in [-0.15, -0.1) is 0 Å². The second kappa shape index (κ2) is 4.60. The van der Waals surface area contributed by atoms with Crippen molar-refractivity contribution in [1.29, 1.82) is 0 Å². The molecule has 2 nitrogen and oxygen atoms in total. The Morgan fingerprint density at radius 3 is 2.43 bits per heavy atom. The van der Waals surface area contributed by atoms with Gasteiger partial charge >= 0.3 is 0 Å². The molecule has 1 aliphatic rings. The Morgan fingerprint density at radius 2 is 1.79 bits per heavy atom. The minimum Gasteiger partial charge on any atom is -0.508 e. The van der Waals surface area contributed by atoms with Crippen LogP contribution in [0, 0.1) is 0 Å². The van der Waals surface area contributed by atoms with Gasteiger partial charge in [0, 0.05) is 0 Å². The number of thioether (sulfide) groups is 1. The van der Waals surface area contributed by atoms with Crippen LogP contribution in [-0.4, -0.2) is 22.7 Å². The Balaban J connectivity index is 1.92. The highest BCUT2D eigenvalue weighted by Crippen LogP contribution is 2.23. The summed E-state index contributed by atoms with van der Waals surface area (Å²) < 4.78 is 5.79. The van der Waals surface area contributed by atoms with Crippen molar-refractivity contribution in [1.82, 2.24) is 0 Å². The van der Waals surface area contributed by atoms with Crippen molar-refractivity contribution in [3.8, 4) is 11.5 Å². The molecule has 0 saturated carbocycles. The van der Waals surface area contributed by atoms with E-state index in [0.29, 0.717) is 6.10 Å². The monoisotopic (exact) mass is 210 g/mol. The van der Waals surface area contributed by atoms with E-state index in [0.717, 1.165) is 18.6 Å². The maximum atomic E-state index is 9.10. The van der Waals surface area contributed by atoms with Crippen LogP contribution < -0.4 is 4.74 Å². The first-order valence-corrected chi connectivity index (χ1v) is 6.03. The van der Waals surface area contributed by atoms with Gasteiger partial charge in [-0.2, -0.15) is 11.8 Å². The topological polar surface area (TPSA) is 29.5 Å². The molecule has 0 unspecified atom stereocenters. The molecule has 0 atom stereocenters. The summed E-state index contributed by atoms with van der Waals surface area (Å²) in [6, 6.07) is 6.95. The summed E-state index contributed by atoms with van der Waals surface area (Å²) in [6.07, 6.45) is 2.62. The smallest absolute Gasteiger partial charge is 0.119 e. The Bertz CT molecular complexity index is 278. The number of phenols is 1. The average Bonchev–Trinajstić information content (AvgIpc) is 2.23. The largest absolute Gasteiger partial charge is 0.508 e. The van der Waals surface area contributed by atoms with E-state index in [-0.39, 0.29) is 5.75 Å². The maximum absolute atomic E-state index is 9.10. The third kappa shape index (κ3) is 2.58. The van der Waals surface area contributed by atoms with Crippen LogP contribution in [0.15, 0.2) is 24.3 Å². The van der Waals surface area contributed by atoms with Gasteiger partial charge in [-0.1, -0.05) is 0 Å². The highest BCUT2D eigenvalue weighted by Gasteiger charge is 2.14. The van der Waals surface area contributed by atoms with E-state index in [1.807, 2.05) is 23.9 Å². The van der Waals surface area contributed by atoms with Crippen LogP contribution in [0.5, 0.6) is 11.5 Å². The zero-order chi connectivity index (χ0) is 9.80. The molecule has 0 spiro atoms. The summed E-state index contributed by atoms with van der Waals surface area (Å²) in [4.78, 5) is 0. The van der Waals surface area contributed by atoms with Crippen LogP contribution in [0.25, 0.3) is 0 Å². The highest BCUT2D eigenvalue weighted by atomic mass is 32.2. The molecule has 1 aliphatic heterocycles. The lowest BCUT2D eigenvalue weighted by atomic mass is 10.2. The van der Waals surface area contributed by atoms with Crippen molar-refractivity contribution in [2.75, 3.05) is 11.5 Å². The van der Waals surface area contributed by atoms with Gasteiger partial charge in [-0.3, -0.25) is 0 Å². The van der Waals surface area contributed by atoms with Crippen LogP contribution >= 0.6 is 11.8 Å². The summed E-state index contributed by atoms with van der Waals surface area (Å²) in [5.41, 5.74) is 0. The Hall–Kier alpha value is -0.830. The molecule has 3 heteroatoms. The third-order valence-corrected chi connectivity index (χ3v) is 3.36. The Labute approximate surface area is 88.3 Å². The van der Waals surface area contributed by atoms with Gasteiger partial charge in [-0.25, -0.2) is 0 Å². The van der Waals surface area contributed by atoms with Crippen LogP contribution in [0.4, 0.5) is 0 Å². The Kier molecular flexibility index (Phi) is 3.19. The van der Waals surface area contributed by atoms with Crippen molar-refractivity contribution >= 4 is 11.8 Å². The van der Waals surface area contributed by atoms with Crippen LogP contribution in [0.3, 0.4) is 0 Å². The first kappa shape index (κ1) is 9.71. The first-order valence-electron chi connectivity index (χ1n) is 4.88. The van der Waals surface area contributed by atoms with Gasteiger partial charge in [0.15, 0.2) is 0 Å². The molecule has 1 aromatic carbocycles. The van der Waals surface area contributed by atoms with Gasteiger partial charge in [0.1, 0.15) is 17.6 Å². The van der Waals surface area contributed by atoms with E-state index in [4.69, 9.17) is 9.84 Å². The standard InChI is InChI=1S/C11H14O2S/c12-9-1-3-10(4-2-9)13-11-5-7-14-8-6-11/h1-4,11-12H,5-8H2. The minimum atomic E-state index is 0.288. The molecule has 0 radical (unpaired) electrons. The first-order chi connectivity index (χ1) is 6.84. The number of hydrogen-bond acceptors (Lipinski definition) is 3. The molecule has 1 aromatic rings. The number of hydrogen-bond donors (Lipinski definition) is 1. The molecule has 0 aliphatic carbocycles. The zero-order valence-electron chi connectivity index (χ0n) is 7.98. The number of rotatable bonds is 2. The van der Waals surface area contributed by atoms with E-state index in [2.05, 4.69) is 0 Å². The van der Waals surface area contributed by atoms with Gasteiger partial charge in [0.05, 0.1) is 0 Å². The Morgan fingerprint density at radius 1 is 1.14 bits per heavy atom. The second-order valence-corrected chi connectivity index (χ2v) is 4.65. The molecule has 1 saturated heterocycles. The molecule has 76 valence electrons. The lowest BCUT2D eigenvalue weighted by Crippen LogP contribution is -2.21. The molecular formula is C11H14O2S. The fourth-order valence-electron chi connectivity index (χ4n) is 1.51. The zero-order valence-corrected chi connectivity index (χ0v) is 8.80. The van der Waals surface area contributed by atoms with Gasteiger partial charge in [0.2, 0.25) is 0 Å². The molecule has 1 fully saturated rings. The molecule has 1 heterocycles. The van der Waals surface area contributed by atoms with Crippen LogP contribution in [-0.2, 0) is 0 Å². The number of benzene rings is 1. The predicted octanol–water partition coefficient (Wildman–Crippen LogP) is 2.67. The van der Waals surface area contributed by atoms with Crippen molar-refractivity contribution in [3.63, 3.8) is 0 Å². The summed E-state index contributed by atoms with van der Waals surface area (Å²) in [7, 11) is 0. The fraction of sp³-hybridized carbons (Fsp3) is 0.455. The summed E-state index contributed by atoms with van der Waals surface area (Å²) in [5, 5.41) is 9.10. The second-order valence-electron chi connectivity index (χ2n) is 3.42. The number of ether oxygens (including phenoxy) is 1. The highest BCUT2D eigenvalue weighted by molar-refractivity contribution is 7.99. The van der Waals surface area contributed by atoms with Crippen LogP contribution in [0.2, 0.25) is 0 Å². The van der Waals surface area contributed by atoms with Gasteiger partial charge in [0.25, 0.3) is 0 Å². The van der Waals surface area contributed by atoms with E-state index in [1.54, 1.807) is 12.1 Å². The van der Waals surface area contributed by atoms with Crippen molar-refractivity contribution in [2.24, 2.45) is 0 Å². The number of phenolic OH excluding ortho intramolecular Hbond substituents is 1. The summed E-state index contributed by atoms with van der Waals surface area (Å²) in [6.45, 7) is 0. The molecule has 14 heavy (non-hydrogen) atoms. The van der Waals surface area contributed by atoms with Crippen LogP contribution in [0.1, 0.15) is 12.8 Å². The maximum Gasteiger partial charge on any atom is 0.119 e. The average molecular weight is 210 g/mol. The van der Waals surface area contributed by atoms with Crippen molar-refractivity contribution in [2.45, 2.75) is 18.9 Å². The van der Waals surface area contributed by atoms with E-state index in [1.165, 1.54) is 11.5 Å².